The van der Waals surface area contributed by atoms with Gasteiger partial charge in [-0.2, -0.15) is 0 Å². The van der Waals surface area contributed by atoms with E-state index in [1.54, 1.807) is 0 Å². The monoisotopic (exact) mass is 163 g/mol. The van der Waals surface area contributed by atoms with Crippen LogP contribution in [-0.4, -0.2) is 12.7 Å². The molecule has 1 heterocycles. The molecule has 0 saturated carbocycles. The van der Waals surface area contributed by atoms with Gasteiger partial charge in [-0.1, -0.05) is 30.3 Å². The standard InChI is InChI=1S/C9H9NO2/c11-9-10-8(6-12-9)7-4-2-1-3-5-7/h1-5,8H,6H2,(H,10,11). The Bertz CT molecular complexity index is 284. The highest BCUT2D eigenvalue weighted by Gasteiger charge is 2.22. The molecule has 1 aromatic rings. The molecule has 0 bridgehead atoms. The van der Waals surface area contributed by atoms with Gasteiger partial charge in [-0.25, -0.2) is 4.79 Å². The number of carbonyl (C=O) groups is 1. The van der Waals surface area contributed by atoms with Crippen LogP contribution in [0.1, 0.15) is 11.6 Å². The number of ether oxygens (including phenoxy) is 1. The van der Waals surface area contributed by atoms with Crippen LogP contribution in [0.5, 0.6) is 0 Å². The van der Waals surface area contributed by atoms with Gasteiger partial charge in [0.25, 0.3) is 0 Å². The van der Waals surface area contributed by atoms with Crippen molar-refractivity contribution in [3.63, 3.8) is 0 Å². The summed E-state index contributed by atoms with van der Waals surface area (Å²) in [5.74, 6) is 0. The molecule has 12 heavy (non-hydrogen) atoms. The van der Waals surface area contributed by atoms with Crippen molar-refractivity contribution in [1.82, 2.24) is 5.32 Å². The molecule has 2 rings (SSSR count). The summed E-state index contributed by atoms with van der Waals surface area (Å²) in [6.45, 7) is 0.433. The van der Waals surface area contributed by atoms with Crippen LogP contribution in [0.25, 0.3) is 0 Å². The zero-order valence-electron chi connectivity index (χ0n) is 6.49. The third-order valence-electron chi connectivity index (χ3n) is 1.88. The molecule has 62 valence electrons. The van der Waals surface area contributed by atoms with E-state index in [1.807, 2.05) is 30.3 Å². The second kappa shape index (κ2) is 2.85. The molecular weight excluding hydrogens is 154 g/mol. The molecule has 1 aliphatic rings. The van der Waals surface area contributed by atoms with E-state index < -0.39 is 0 Å². The summed E-state index contributed by atoms with van der Waals surface area (Å²) in [7, 11) is 0. The van der Waals surface area contributed by atoms with E-state index in [2.05, 4.69) is 5.32 Å². The molecular formula is C9H9NO2. The molecule has 0 aliphatic carbocycles. The Morgan fingerprint density at radius 3 is 2.67 bits per heavy atom. The average Bonchev–Trinajstić information content (AvgIpc) is 2.54. The fraction of sp³-hybridized carbons (Fsp3) is 0.222. The average molecular weight is 163 g/mol. The van der Waals surface area contributed by atoms with Crippen molar-refractivity contribution in [2.24, 2.45) is 0 Å². The first-order valence-corrected chi connectivity index (χ1v) is 3.84. The summed E-state index contributed by atoms with van der Waals surface area (Å²) in [4.78, 5) is 10.7. The van der Waals surface area contributed by atoms with Crippen LogP contribution in [0.3, 0.4) is 0 Å². The fourth-order valence-corrected chi connectivity index (χ4v) is 1.25. The Hall–Kier alpha value is -1.51. The Labute approximate surface area is 70.3 Å². The van der Waals surface area contributed by atoms with Gasteiger partial charge >= 0.3 is 6.09 Å². The molecule has 0 spiro atoms. The van der Waals surface area contributed by atoms with E-state index in [-0.39, 0.29) is 12.1 Å². The van der Waals surface area contributed by atoms with Crippen molar-refractivity contribution in [1.29, 1.82) is 0 Å². The minimum atomic E-state index is -0.330. The van der Waals surface area contributed by atoms with Crippen LogP contribution < -0.4 is 5.32 Å². The molecule has 1 saturated heterocycles. The van der Waals surface area contributed by atoms with E-state index in [4.69, 9.17) is 4.74 Å². The molecule has 1 fully saturated rings. The lowest BCUT2D eigenvalue weighted by molar-refractivity contribution is 0.177. The second-order valence-electron chi connectivity index (χ2n) is 2.71. The first-order valence-electron chi connectivity index (χ1n) is 3.84. The Kier molecular flexibility index (Phi) is 1.70. The number of carbonyl (C=O) groups excluding carboxylic acids is 1. The summed E-state index contributed by atoms with van der Waals surface area (Å²) in [6, 6.07) is 9.80. The number of benzene rings is 1. The third-order valence-corrected chi connectivity index (χ3v) is 1.88. The molecule has 3 nitrogen and oxygen atoms in total. The van der Waals surface area contributed by atoms with E-state index in [1.165, 1.54) is 0 Å². The Morgan fingerprint density at radius 1 is 1.33 bits per heavy atom. The van der Waals surface area contributed by atoms with Crippen LogP contribution in [0.4, 0.5) is 4.79 Å². The van der Waals surface area contributed by atoms with Gasteiger partial charge in [-0.15, -0.1) is 0 Å². The van der Waals surface area contributed by atoms with Gasteiger partial charge in [-0.05, 0) is 5.56 Å². The smallest absolute Gasteiger partial charge is 0.407 e. The molecule has 1 aromatic carbocycles. The number of amides is 1. The number of cyclic esters (lactones) is 1. The van der Waals surface area contributed by atoms with Gasteiger partial charge in [-0.3, -0.25) is 0 Å². The number of rotatable bonds is 1. The number of hydrogen-bond donors (Lipinski definition) is 1. The lowest BCUT2D eigenvalue weighted by Crippen LogP contribution is -2.17. The van der Waals surface area contributed by atoms with Gasteiger partial charge in [0, 0.05) is 0 Å². The van der Waals surface area contributed by atoms with Crippen LogP contribution in [0.2, 0.25) is 0 Å². The van der Waals surface area contributed by atoms with Crippen LogP contribution in [0.15, 0.2) is 30.3 Å². The minimum absolute atomic E-state index is 0.0266. The predicted molar refractivity (Wildman–Crippen MR) is 43.7 cm³/mol. The summed E-state index contributed by atoms with van der Waals surface area (Å²) in [5, 5.41) is 2.71. The summed E-state index contributed by atoms with van der Waals surface area (Å²) < 4.78 is 4.77. The van der Waals surface area contributed by atoms with Crippen molar-refractivity contribution < 1.29 is 9.53 Å². The van der Waals surface area contributed by atoms with Gasteiger partial charge in [0.1, 0.15) is 6.61 Å². The Morgan fingerprint density at radius 2 is 2.08 bits per heavy atom. The van der Waals surface area contributed by atoms with Crippen molar-refractivity contribution in [3.8, 4) is 0 Å². The Balaban J connectivity index is 2.16. The second-order valence-corrected chi connectivity index (χ2v) is 2.71. The molecule has 3 heteroatoms. The van der Waals surface area contributed by atoms with E-state index in [0.29, 0.717) is 6.61 Å². The SMILES string of the molecule is O=C1NC(c2ccccc2)CO1. The van der Waals surface area contributed by atoms with E-state index in [0.717, 1.165) is 5.56 Å². The highest BCUT2D eigenvalue weighted by molar-refractivity contribution is 5.70. The van der Waals surface area contributed by atoms with Crippen LogP contribution in [0, 0.1) is 0 Å². The van der Waals surface area contributed by atoms with Gasteiger partial charge in [0.2, 0.25) is 0 Å². The maximum atomic E-state index is 10.7. The first kappa shape index (κ1) is 7.16. The van der Waals surface area contributed by atoms with Crippen LogP contribution in [-0.2, 0) is 4.74 Å². The predicted octanol–water partition coefficient (Wildman–Crippen LogP) is 1.47. The molecule has 0 aromatic heterocycles. The van der Waals surface area contributed by atoms with Crippen molar-refractivity contribution in [2.75, 3.05) is 6.61 Å². The van der Waals surface area contributed by atoms with E-state index in [9.17, 15) is 4.79 Å². The number of nitrogens with one attached hydrogen (secondary N) is 1. The zero-order valence-corrected chi connectivity index (χ0v) is 6.49. The lowest BCUT2D eigenvalue weighted by Gasteiger charge is -2.05. The molecule has 1 unspecified atom stereocenters. The van der Waals surface area contributed by atoms with Gasteiger partial charge in [0.05, 0.1) is 6.04 Å². The number of hydrogen-bond acceptors (Lipinski definition) is 2. The van der Waals surface area contributed by atoms with Gasteiger partial charge < -0.3 is 10.1 Å². The minimum Gasteiger partial charge on any atom is -0.447 e. The maximum Gasteiger partial charge on any atom is 0.407 e. The quantitative estimate of drug-likeness (QED) is 0.680. The van der Waals surface area contributed by atoms with Gasteiger partial charge in [0.15, 0.2) is 0 Å². The van der Waals surface area contributed by atoms with Crippen molar-refractivity contribution in [3.05, 3.63) is 35.9 Å². The third kappa shape index (κ3) is 1.25. The lowest BCUT2D eigenvalue weighted by atomic mass is 10.1. The summed E-state index contributed by atoms with van der Waals surface area (Å²) in [5.41, 5.74) is 1.09. The number of alkyl carbamates (subject to hydrolysis) is 1. The normalized spacial score (nSPS) is 21.7. The molecule has 1 aliphatic heterocycles. The summed E-state index contributed by atoms with van der Waals surface area (Å²) >= 11 is 0. The molecule has 1 N–H and O–H groups in total. The maximum absolute atomic E-state index is 10.7. The molecule has 1 amide bonds. The zero-order chi connectivity index (χ0) is 8.39. The van der Waals surface area contributed by atoms with E-state index >= 15 is 0 Å². The van der Waals surface area contributed by atoms with Crippen molar-refractivity contribution >= 4 is 6.09 Å². The highest BCUT2D eigenvalue weighted by atomic mass is 16.6. The molecule has 0 radical (unpaired) electrons. The van der Waals surface area contributed by atoms with Crippen LogP contribution >= 0.6 is 0 Å². The fourth-order valence-electron chi connectivity index (χ4n) is 1.25. The molecule has 1 atom stereocenters. The largest absolute Gasteiger partial charge is 0.447 e. The highest BCUT2D eigenvalue weighted by Crippen LogP contribution is 2.16. The first-order chi connectivity index (χ1) is 5.86. The summed E-state index contributed by atoms with van der Waals surface area (Å²) in [6.07, 6.45) is -0.330. The topological polar surface area (TPSA) is 38.3 Å². The van der Waals surface area contributed by atoms with Crippen molar-refractivity contribution in [2.45, 2.75) is 6.04 Å².